The van der Waals surface area contributed by atoms with Crippen LogP contribution in [0.3, 0.4) is 0 Å². The van der Waals surface area contributed by atoms with E-state index in [1.54, 1.807) is 6.08 Å². The molecule has 0 aromatic heterocycles. The van der Waals surface area contributed by atoms with Crippen molar-refractivity contribution in [2.24, 2.45) is 0 Å². The fourth-order valence-corrected chi connectivity index (χ4v) is 2.94. The van der Waals surface area contributed by atoms with E-state index < -0.39 is 18.1 Å². The van der Waals surface area contributed by atoms with Gasteiger partial charge in [0.15, 0.2) is 0 Å². The molecule has 0 unspecified atom stereocenters. The van der Waals surface area contributed by atoms with E-state index in [1.807, 2.05) is 66.7 Å². The number of carbonyl (C=O) groups is 3. The highest BCUT2D eigenvalue weighted by atomic mass is 16.5. The Bertz CT molecular complexity index is 868. The SMILES string of the molecule is O=C(CCCCCNC(=O)OCc1ccccc1)N[C@H](C/C=C/c1ccccc1)C(=O)O. The molecular weight excluding hydrogens is 408 g/mol. The average Bonchev–Trinajstić information content (AvgIpc) is 2.80. The van der Waals surface area contributed by atoms with Crippen molar-refractivity contribution >= 4 is 24.0 Å². The number of rotatable bonds is 13. The summed E-state index contributed by atoms with van der Waals surface area (Å²) in [6.45, 7) is 0.676. The summed E-state index contributed by atoms with van der Waals surface area (Å²) in [6, 6.07) is 18.0. The molecule has 2 amide bonds. The fraction of sp³-hybridized carbons (Fsp3) is 0.320. The van der Waals surface area contributed by atoms with Crippen molar-refractivity contribution in [3.05, 3.63) is 77.9 Å². The van der Waals surface area contributed by atoms with Crippen molar-refractivity contribution in [3.8, 4) is 0 Å². The average molecular weight is 439 g/mol. The quantitative estimate of drug-likeness (QED) is 0.408. The van der Waals surface area contributed by atoms with Crippen molar-refractivity contribution in [1.29, 1.82) is 0 Å². The minimum absolute atomic E-state index is 0.213. The third-order valence-corrected chi connectivity index (χ3v) is 4.68. The third kappa shape index (κ3) is 10.4. The molecule has 7 nitrogen and oxygen atoms in total. The number of hydrogen-bond acceptors (Lipinski definition) is 4. The Labute approximate surface area is 188 Å². The smallest absolute Gasteiger partial charge is 0.407 e. The van der Waals surface area contributed by atoms with Crippen LogP contribution in [0.4, 0.5) is 4.79 Å². The van der Waals surface area contributed by atoms with Crippen LogP contribution in [0.5, 0.6) is 0 Å². The number of unbranched alkanes of at least 4 members (excludes halogenated alkanes) is 2. The van der Waals surface area contributed by atoms with Crippen LogP contribution in [0.2, 0.25) is 0 Å². The van der Waals surface area contributed by atoms with Crippen molar-refractivity contribution < 1.29 is 24.2 Å². The second kappa shape index (κ2) is 14.4. The number of carbonyl (C=O) groups excluding carboxylic acids is 2. The molecule has 0 aliphatic heterocycles. The summed E-state index contributed by atoms with van der Waals surface area (Å²) in [5.74, 6) is -1.35. The lowest BCUT2D eigenvalue weighted by Crippen LogP contribution is -2.40. The molecule has 0 fully saturated rings. The summed E-state index contributed by atoms with van der Waals surface area (Å²) in [4.78, 5) is 35.1. The van der Waals surface area contributed by atoms with E-state index in [0.717, 1.165) is 17.5 Å². The molecule has 3 N–H and O–H groups in total. The summed E-state index contributed by atoms with van der Waals surface area (Å²) in [5.41, 5.74) is 1.89. The Kier molecular flexibility index (Phi) is 11.1. The van der Waals surface area contributed by atoms with Crippen LogP contribution in [0.1, 0.15) is 43.2 Å². The van der Waals surface area contributed by atoms with Crippen LogP contribution in [0.25, 0.3) is 6.08 Å². The number of aliphatic carboxylic acids is 1. The Morgan fingerprint density at radius 2 is 1.62 bits per heavy atom. The number of nitrogens with one attached hydrogen (secondary N) is 2. The van der Waals surface area contributed by atoms with Gasteiger partial charge in [0.1, 0.15) is 12.6 Å². The lowest BCUT2D eigenvalue weighted by atomic mass is 10.1. The molecule has 2 rings (SSSR count). The molecule has 0 saturated carbocycles. The van der Waals surface area contributed by atoms with Crippen molar-refractivity contribution in [2.45, 2.75) is 44.8 Å². The van der Waals surface area contributed by atoms with Gasteiger partial charge < -0.3 is 20.5 Å². The highest BCUT2D eigenvalue weighted by Gasteiger charge is 2.18. The van der Waals surface area contributed by atoms with Crippen molar-refractivity contribution in [3.63, 3.8) is 0 Å². The van der Waals surface area contributed by atoms with E-state index in [1.165, 1.54) is 0 Å². The number of ether oxygens (including phenoxy) is 1. The normalized spacial score (nSPS) is 11.6. The number of amides is 2. The van der Waals surface area contributed by atoms with Gasteiger partial charge in [0, 0.05) is 13.0 Å². The van der Waals surface area contributed by atoms with Crippen LogP contribution in [-0.4, -0.2) is 35.7 Å². The molecule has 1 atom stereocenters. The molecule has 0 radical (unpaired) electrons. The summed E-state index contributed by atoms with van der Waals surface area (Å²) in [7, 11) is 0. The van der Waals surface area contributed by atoms with E-state index in [0.29, 0.717) is 19.4 Å². The maximum Gasteiger partial charge on any atom is 0.407 e. The Hall–Kier alpha value is -3.61. The predicted octanol–water partition coefficient (Wildman–Crippen LogP) is 4.15. The van der Waals surface area contributed by atoms with Gasteiger partial charge >= 0.3 is 12.1 Å². The first-order valence-corrected chi connectivity index (χ1v) is 10.7. The van der Waals surface area contributed by atoms with Gasteiger partial charge in [-0.05, 0) is 30.4 Å². The maximum atomic E-state index is 12.1. The molecule has 0 heterocycles. The number of carboxylic acid groups (broad SMARTS) is 1. The number of benzene rings is 2. The Morgan fingerprint density at radius 3 is 2.31 bits per heavy atom. The molecule has 0 saturated heterocycles. The van der Waals surface area contributed by atoms with Crippen LogP contribution >= 0.6 is 0 Å². The van der Waals surface area contributed by atoms with Gasteiger partial charge in [-0.25, -0.2) is 9.59 Å². The van der Waals surface area contributed by atoms with Gasteiger partial charge in [-0.3, -0.25) is 4.79 Å². The first-order valence-electron chi connectivity index (χ1n) is 10.7. The summed E-state index contributed by atoms with van der Waals surface area (Å²) in [6.07, 6.45) is 5.61. The Morgan fingerprint density at radius 1 is 0.938 bits per heavy atom. The Balaban J connectivity index is 1.55. The number of hydrogen-bond donors (Lipinski definition) is 3. The first-order chi connectivity index (χ1) is 15.5. The topological polar surface area (TPSA) is 105 Å². The molecule has 0 aliphatic carbocycles. The van der Waals surface area contributed by atoms with Gasteiger partial charge in [-0.2, -0.15) is 0 Å². The van der Waals surface area contributed by atoms with Gasteiger partial charge in [-0.1, -0.05) is 79.2 Å². The lowest BCUT2D eigenvalue weighted by Gasteiger charge is -2.12. The van der Waals surface area contributed by atoms with Crippen LogP contribution < -0.4 is 10.6 Å². The third-order valence-electron chi connectivity index (χ3n) is 4.68. The zero-order valence-corrected chi connectivity index (χ0v) is 18.0. The van der Waals surface area contributed by atoms with E-state index >= 15 is 0 Å². The van der Waals surface area contributed by atoms with Gasteiger partial charge in [0.05, 0.1) is 0 Å². The van der Waals surface area contributed by atoms with E-state index in [4.69, 9.17) is 4.74 Å². The van der Waals surface area contributed by atoms with Gasteiger partial charge in [0.25, 0.3) is 0 Å². The zero-order chi connectivity index (χ0) is 23.0. The van der Waals surface area contributed by atoms with Crippen molar-refractivity contribution in [2.75, 3.05) is 6.54 Å². The molecule has 0 bridgehead atoms. The molecule has 170 valence electrons. The molecule has 32 heavy (non-hydrogen) atoms. The molecule has 7 heteroatoms. The monoisotopic (exact) mass is 438 g/mol. The van der Waals surface area contributed by atoms with Crippen LogP contribution in [-0.2, 0) is 20.9 Å². The molecule has 0 aliphatic rings. The summed E-state index contributed by atoms with van der Waals surface area (Å²) >= 11 is 0. The predicted molar refractivity (Wildman–Crippen MR) is 123 cm³/mol. The molecule has 2 aromatic carbocycles. The number of alkyl carbamates (subject to hydrolysis) is 1. The summed E-state index contributed by atoms with van der Waals surface area (Å²) in [5, 5.41) is 14.6. The van der Waals surface area contributed by atoms with Gasteiger partial charge in [0.2, 0.25) is 5.91 Å². The second-order valence-electron chi connectivity index (χ2n) is 7.31. The van der Waals surface area contributed by atoms with E-state index in [9.17, 15) is 19.5 Å². The van der Waals surface area contributed by atoms with Crippen molar-refractivity contribution in [1.82, 2.24) is 10.6 Å². The lowest BCUT2D eigenvalue weighted by molar-refractivity contribution is -0.141. The highest BCUT2D eigenvalue weighted by Crippen LogP contribution is 2.05. The standard InChI is InChI=1S/C25H30N2O5/c28-23(27-22(24(29)30)16-10-15-20-11-4-1-5-12-20)17-8-3-9-18-26-25(31)32-19-21-13-6-2-7-14-21/h1-2,4-7,10-15,22H,3,8-9,16-19H2,(H,26,31)(H,27,28)(H,29,30)/b15-10+/t22-/m1/s1. The summed E-state index contributed by atoms with van der Waals surface area (Å²) < 4.78 is 5.12. The molecule has 2 aromatic rings. The molecular formula is C25H30N2O5. The largest absolute Gasteiger partial charge is 0.480 e. The molecule has 0 spiro atoms. The van der Waals surface area contributed by atoms with Crippen LogP contribution in [0, 0.1) is 0 Å². The van der Waals surface area contributed by atoms with E-state index in [-0.39, 0.29) is 25.4 Å². The first kappa shape index (κ1) is 24.7. The number of carboxylic acids is 1. The van der Waals surface area contributed by atoms with Gasteiger partial charge in [-0.15, -0.1) is 0 Å². The fourth-order valence-electron chi connectivity index (χ4n) is 2.94. The second-order valence-corrected chi connectivity index (χ2v) is 7.31. The minimum atomic E-state index is -1.06. The minimum Gasteiger partial charge on any atom is -0.480 e. The maximum absolute atomic E-state index is 12.1. The van der Waals surface area contributed by atoms with Crippen LogP contribution in [0.15, 0.2) is 66.7 Å². The highest BCUT2D eigenvalue weighted by molar-refractivity contribution is 5.83. The zero-order valence-electron chi connectivity index (χ0n) is 18.0. The van der Waals surface area contributed by atoms with E-state index in [2.05, 4.69) is 10.6 Å².